The molecule has 18 heteroatoms. The van der Waals surface area contributed by atoms with Crippen molar-refractivity contribution in [1.82, 2.24) is 0 Å². The summed E-state index contributed by atoms with van der Waals surface area (Å²) in [7, 11) is -8.09. The molecule has 0 amide bonds. The fourth-order valence-corrected chi connectivity index (χ4v) is 2.63. The number of esters is 1. The average Bonchev–Trinajstić information content (AvgIpc) is 2.48. The molecule has 1 unspecified atom stereocenters. The zero-order valence-corrected chi connectivity index (χ0v) is 17.3. The van der Waals surface area contributed by atoms with Crippen LogP contribution in [0.15, 0.2) is 0 Å². The van der Waals surface area contributed by atoms with Crippen molar-refractivity contribution in [2.75, 3.05) is 0 Å². The van der Waals surface area contributed by atoms with Crippen LogP contribution in [0.4, 0.5) is 48.3 Å². The van der Waals surface area contributed by atoms with Crippen molar-refractivity contribution < 1.29 is 75.2 Å². The molecule has 0 radical (unpaired) electrons. The van der Waals surface area contributed by atoms with Gasteiger partial charge in [0.25, 0.3) is 0 Å². The van der Waals surface area contributed by atoms with Crippen LogP contribution in [0.1, 0.15) is 34.6 Å². The Bertz CT molecular complexity index is 857. The molecule has 0 aliphatic carbocycles. The van der Waals surface area contributed by atoms with Crippen molar-refractivity contribution in [3.05, 3.63) is 0 Å². The van der Waals surface area contributed by atoms with E-state index in [0.29, 0.717) is 0 Å². The van der Waals surface area contributed by atoms with Crippen LogP contribution in [0.2, 0.25) is 0 Å². The molecular formula is C14H15F11O6S. The number of ketones is 1. The summed E-state index contributed by atoms with van der Waals surface area (Å²) in [4.78, 5) is 23.6. The first-order chi connectivity index (χ1) is 13.5. The molecule has 0 aliphatic heterocycles. The Morgan fingerprint density at radius 2 is 1.09 bits per heavy atom. The lowest BCUT2D eigenvalue weighted by atomic mass is 9.84. The van der Waals surface area contributed by atoms with E-state index in [-0.39, 0.29) is 13.8 Å². The number of hydrogen-bond acceptors (Lipinski definition) is 6. The molecule has 0 aromatic rings. The van der Waals surface area contributed by atoms with Crippen LogP contribution in [-0.4, -0.2) is 55.2 Å². The summed E-state index contributed by atoms with van der Waals surface area (Å²) >= 11 is 0. The highest BCUT2D eigenvalue weighted by atomic mass is 32.2. The van der Waals surface area contributed by atoms with Crippen LogP contribution in [0.25, 0.3) is 0 Å². The van der Waals surface area contributed by atoms with Crippen LogP contribution >= 0.6 is 0 Å². The molecule has 0 saturated carbocycles. The summed E-state index contributed by atoms with van der Waals surface area (Å²) < 4.78 is 174. The number of carbonyl (C=O) groups excluding carboxylic acids is 2. The minimum absolute atomic E-state index is 0.125. The fraction of sp³-hybridized carbons (Fsp3) is 0.857. The molecule has 0 saturated heterocycles. The van der Waals surface area contributed by atoms with Gasteiger partial charge in [-0.3, -0.25) is 9.59 Å². The van der Waals surface area contributed by atoms with E-state index in [9.17, 15) is 66.3 Å². The molecule has 190 valence electrons. The average molecular weight is 520 g/mol. The highest BCUT2D eigenvalue weighted by Crippen LogP contribution is 2.56. The topological polar surface area (TPSA) is 86.7 Å². The molecular weight excluding hydrogens is 505 g/mol. The Balaban J connectivity index is 6.59. The van der Waals surface area contributed by atoms with Gasteiger partial charge in [-0.1, -0.05) is 0 Å². The van der Waals surface area contributed by atoms with E-state index in [1.165, 1.54) is 0 Å². The minimum Gasteiger partial charge on any atom is -0.459 e. The van der Waals surface area contributed by atoms with Gasteiger partial charge in [-0.15, -0.1) is 0 Å². The number of hydrogen-bond donors (Lipinski definition) is 0. The maximum Gasteiger partial charge on any atom is 0.460 e. The van der Waals surface area contributed by atoms with E-state index in [4.69, 9.17) is 0 Å². The third-order valence-electron chi connectivity index (χ3n) is 3.74. The van der Waals surface area contributed by atoms with Crippen molar-refractivity contribution in [3.8, 4) is 0 Å². The minimum atomic E-state index is -8.09. The molecule has 6 nitrogen and oxygen atoms in total. The number of Topliss-reactive ketones (excluding diaryl/α,β-unsaturated/α-hetero) is 1. The van der Waals surface area contributed by atoms with Gasteiger partial charge in [-0.2, -0.15) is 60.9 Å². The van der Waals surface area contributed by atoms with E-state index < -0.39 is 62.3 Å². The lowest BCUT2D eigenvalue weighted by Crippen LogP contribution is -2.64. The zero-order valence-electron chi connectivity index (χ0n) is 16.5. The predicted molar refractivity (Wildman–Crippen MR) is 80.5 cm³/mol. The Morgan fingerprint density at radius 1 is 0.719 bits per heavy atom. The molecule has 0 aromatic carbocycles. The van der Waals surface area contributed by atoms with E-state index in [1.807, 2.05) is 0 Å². The summed E-state index contributed by atoms with van der Waals surface area (Å²) in [6.45, 7) is 3.15. The van der Waals surface area contributed by atoms with Gasteiger partial charge in [-0.05, 0) is 34.6 Å². The summed E-state index contributed by atoms with van der Waals surface area (Å²) in [5.74, 6) is -20.0. The van der Waals surface area contributed by atoms with Crippen molar-refractivity contribution in [1.29, 1.82) is 0 Å². The van der Waals surface area contributed by atoms with Gasteiger partial charge >= 0.3 is 45.5 Å². The molecule has 0 fully saturated rings. The monoisotopic (exact) mass is 520 g/mol. The second kappa shape index (κ2) is 7.95. The number of rotatable bonds is 8. The van der Waals surface area contributed by atoms with Gasteiger partial charge in [-0.25, -0.2) is 0 Å². The Labute approximate surface area is 173 Å². The van der Waals surface area contributed by atoms with Crippen LogP contribution in [0.5, 0.6) is 0 Å². The van der Waals surface area contributed by atoms with E-state index in [2.05, 4.69) is 8.92 Å². The van der Waals surface area contributed by atoms with Crippen LogP contribution in [-0.2, 0) is 28.6 Å². The van der Waals surface area contributed by atoms with E-state index in [0.717, 1.165) is 20.8 Å². The lowest BCUT2D eigenvalue weighted by molar-refractivity contribution is -0.383. The molecule has 0 heterocycles. The van der Waals surface area contributed by atoms with Crippen molar-refractivity contribution in [3.63, 3.8) is 0 Å². The SMILES string of the molecule is CC(=O)C(C)(C(=O)OC(C)(C)C)C(F)(F)OS(=O)(=O)C(F)(F)C(F)(F)C(F)(F)C(F)(F)F. The number of ether oxygens (including phenoxy) is 1. The number of carbonyl (C=O) groups is 2. The predicted octanol–water partition coefficient (Wildman–Crippen LogP) is 4.29. The molecule has 1 atom stereocenters. The Hall–Kier alpha value is -1.72. The highest BCUT2D eigenvalue weighted by Gasteiger charge is 2.86. The van der Waals surface area contributed by atoms with E-state index >= 15 is 0 Å². The molecule has 32 heavy (non-hydrogen) atoms. The Kier molecular flexibility index (Phi) is 7.52. The first-order valence-electron chi connectivity index (χ1n) is 7.80. The van der Waals surface area contributed by atoms with Crippen LogP contribution in [0.3, 0.4) is 0 Å². The smallest absolute Gasteiger partial charge is 0.459 e. The molecule has 0 rings (SSSR count). The second-order valence-corrected chi connectivity index (χ2v) is 8.99. The first kappa shape index (κ1) is 30.3. The Morgan fingerprint density at radius 3 is 1.38 bits per heavy atom. The third kappa shape index (κ3) is 4.79. The summed E-state index contributed by atoms with van der Waals surface area (Å²) in [5, 5.41) is -7.63. The summed E-state index contributed by atoms with van der Waals surface area (Å²) in [5.41, 5.74) is -5.82. The summed E-state index contributed by atoms with van der Waals surface area (Å²) in [6.07, 6.45) is -13.5. The highest BCUT2D eigenvalue weighted by molar-refractivity contribution is 7.87. The molecule has 0 bridgehead atoms. The van der Waals surface area contributed by atoms with Gasteiger partial charge in [0.05, 0.1) is 0 Å². The largest absolute Gasteiger partial charge is 0.460 e. The van der Waals surface area contributed by atoms with Crippen molar-refractivity contribution in [2.45, 2.75) is 69.6 Å². The van der Waals surface area contributed by atoms with Crippen molar-refractivity contribution in [2.24, 2.45) is 5.41 Å². The molecule has 0 spiro atoms. The van der Waals surface area contributed by atoms with Crippen LogP contribution < -0.4 is 0 Å². The van der Waals surface area contributed by atoms with Gasteiger partial charge in [0, 0.05) is 0 Å². The van der Waals surface area contributed by atoms with Gasteiger partial charge in [0.2, 0.25) is 5.41 Å². The fourth-order valence-electron chi connectivity index (χ4n) is 1.64. The quantitative estimate of drug-likeness (QED) is 0.206. The summed E-state index contributed by atoms with van der Waals surface area (Å²) in [6, 6.07) is 0. The van der Waals surface area contributed by atoms with Crippen LogP contribution in [0, 0.1) is 5.41 Å². The van der Waals surface area contributed by atoms with Crippen molar-refractivity contribution >= 4 is 21.9 Å². The standard InChI is InChI=1S/C14H15F11O6S/c1-6(26)9(5,7(27)30-8(2,3)4)13(22,23)31-32(28,29)14(24,25)11(17,18)10(15,16)12(19,20)21/h1-5H3. The van der Waals surface area contributed by atoms with Gasteiger partial charge in [0.1, 0.15) is 5.60 Å². The first-order valence-corrected chi connectivity index (χ1v) is 9.21. The molecule has 0 N–H and O–H groups in total. The molecule has 0 aliphatic rings. The second-order valence-electron chi connectivity index (χ2n) is 7.40. The molecule has 0 aromatic heterocycles. The normalized spacial score (nSPS) is 17.0. The maximum absolute atomic E-state index is 14.4. The zero-order chi connectivity index (χ0) is 26.6. The van der Waals surface area contributed by atoms with E-state index in [1.54, 1.807) is 0 Å². The van der Waals surface area contributed by atoms with Gasteiger partial charge in [0.15, 0.2) is 5.78 Å². The van der Waals surface area contributed by atoms with Gasteiger partial charge < -0.3 is 4.74 Å². The number of alkyl halides is 11. The number of halogens is 11. The third-order valence-corrected chi connectivity index (χ3v) is 5.05. The lowest BCUT2D eigenvalue weighted by Gasteiger charge is -2.36. The maximum atomic E-state index is 14.4.